The largest absolute Gasteiger partial charge is 0.375 e. The highest BCUT2D eigenvalue weighted by Crippen LogP contribution is 2.33. The first kappa shape index (κ1) is 14.5. The van der Waals surface area contributed by atoms with E-state index in [1.54, 1.807) is 6.07 Å². The number of benzene rings is 1. The zero-order chi connectivity index (χ0) is 13.8. The number of pyridine rings is 1. The molecule has 0 saturated heterocycles. The predicted octanol–water partition coefficient (Wildman–Crippen LogP) is 5.31. The monoisotopic (exact) mass is 386 g/mol. The second-order valence-corrected chi connectivity index (χ2v) is 5.81. The van der Waals surface area contributed by atoms with Gasteiger partial charge in [-0.15, -0.1) is 0 Å². The topological polar surface area (TPSA) is 24.9 Å². The number of para-hydroxylation sites is 1. The zero-order valence-corrected chi connectivity index (χ0v) is 13.5. The maximum Gasteiger partial charge on any atom is 0.141 e. The summed E-state index contributed by atoms with van der Waals surface area (Å²) >= 11 is 7.03. The van der Waals surface area contributed by atoms with Crippen molar-refractivity contribution in [2.24, 2.45) is 0 Å². The van der Waals surface area contributed by atoms with Gasteiger partial charge in [0, 0.05) is 8.95 Å². The van der Waals surface area contributed by atoms with E-state index in [1.165, 1.54) is 12.3 Å². The van der Waals surface area contributed by atoms with Gasteiger partial charge >= 0.3 is 0 Å². The summed E-state index contributed by atoms with van der Waals surface area (Å²) in [5.74, 6) is -0.319. The summed E-state index contributed by atoms with van der Waals surface area (Å²) in [5.41, 5.74) is 1.80. The molecule has 2 nitrogen and oxygen atoms in total. The molecule has 2 rings (SSSR count). The lowest BCUT2D eigenvalue weighted by Crippen LogP contribution is -2.12. The van der Waals surface area contributed by atoms with Crippen molar-refractivity contribution in [3.8, 4) is 0 Å². The summed E-state index contributed by atoms with van der Waals surface area (Å²) in [7, 11) is 0. The van der Waals surface area contributed by atoms with Crippen LogP contribution in [0.3, 0.4) is 0 Å². The minimum absolute atomic E-state index is 0.0376. The van der Waals surface area contributed by atoms with Crippen molar-refractivity contribution in [2.45, 2.75) is 19.4 Å². The molecule has 5 heteroatoms. The molecule has 1 atom stereocenters. The molecule has 1 aromatic carbocycles. The third kappa shape index (κ3) is 3.54. The average Bonchev–Trinajstić information content (AvgIpc) is 2.40. The van der Waals surface area contributed by atoms with Crippen LogP contribution in [-0.4, -0.2) is 4.98 Å². The Bertz CT molecular complexity index is 538. The van der Waals surface area contributed by atoms with Gasteiger partial charge in [-0.3, -0.25) is 4.98 Å². The van der Waals surface area contributed by atoms with Crippen LogP contribution in [0.25, 0.3) is 0 Å². The summed E-state index contributed by atoms with van der Waals surface area (Å²) in [4.78, 5) is 4.14. The number of hydrogen-bond acceptors (Lipinski definition) is 2. The molecule has 0 aliphatic rings. The number of aromatic nitrogens is 1. The zero-order valence-electron chi connectivity index (χ0n) is 10.3. The number of nitrogens with zero attached hydrogens (tertiary/aromatic N) is 1. The Morgan fingerprint density at radius 3 is 2.42 bits per heavy atom. The molecule has 0 radical (unpaired) electrons. The number of nitrogens with one attached hydrogen (secondary N) is 1. The van der Waals surface area contributed by atoms with Crippen LogP contribution in [0.4, 0.5) is 10.1 Å². The average molecular weight is 388 g/mol. The molecule has 100 valence electrons. The van der Waals surface area contributed by atoms with Gasteiger partial charge < -0.3 is 5.32 Å². The Hall–Kier alpha value is -0.940. The lowest BCUT2D eigenvalue weighted by atomic mass is 10.1. The van der Waals surface area contributed by atoms with Crippen LogP contribution in [0.1, 0.15) is 25.1 Å². The SMILES string of the molecule is CCC(Nc1c(Br)cccc1Br)c1ccc(F)cn1. The first-order valence-corrected chi connectivity index (χ1v) is 7.52. The molecule has 0 amide bonds. The molecule has 1 heterocycles. The molecule has 0 bridgehead atoms. The van der Waals surface area contributed by atoms with Gasteiger partial charge in [0.25, 0.3) is 0 Å². The summed E-state index contributed by atoms with van der Waals surface area (Å²) in [6, 6.07) is 9.07. The van der Waals surface area contributed by atoms with E-state index in [4.69, 9.17) is 0 Å². The third-order valence-corrected chi connectivity index (χ3v) is 4.12. The molecule has 0 saturated carbocycles. The van der Waals surface area contributed by atoms with E-state index in [1.807, 2.05) is 18.2 Å². The van der Waals surface area contributed by atoms with Crippen molar-refractivity contribution in [1.82, 2.24) is 4.98 Å². The van der Waals surface area contributed by atoms with Crippen LogP contribution < -0.4 is 5.32 Å². The number of halogens is 3. The maximum atomic E-state index is 12.9. The van der Waals surface area contributed by atoms with E-state index < -0.39 is 0 Å². The van der Waals surface area contributed by atoms with Gasteiger partial charge in [0.15, 0.2) is 0 Å². The second kappa shape index (κ2) is 6.48. The fourth-order valence-electron chi connectivity index (χ4n) is 1.79. The van der Waals surface area contributed by atoms with Crippen LogP contribution >= 0.6 is 31.9 Å². The fourth-order valence-corrected chi connectivity index (χ4v) is 3.02. The minimum atomic E-state index is -0.319. The predicted molar refractivity (Wildman–Crippen MR) is 82.7 cm³/mol. The van der Waals surface area contributed by atoms with Crippen molar-refractivity contribution in [2.75, 3.05) is 5.32 Å². The lowest BCUT2D eigenvalue weighted by Gasteiger charge is -2.19. The fraction of sp³-hybridized carbons (Fsp3) is 0.214. The van der Waals surface area contributed by atoms with Crippen LogP contribution in [0.2, 0.25) is 0 Å². The molecule has 19 heavy (non-hydrogen) atoms. The lowest BCUT2D eigenvalue weighted by molar-refractivity contribution is 0.614. The number of hydrogen-bond donors (Lipinski definition) is 1. The highest BCUT2D eigenvalue weighted by molar-refractivity contribution is 9.11. The van der Waals surface area contributed by atoms with Gasteiger partial charge in [-0.25, -0.2) is 4.39 Å². The van der Waals surface area contributed by atoms with Gasteiger partial charge in [-0.1, -0.05) is 13.0 Å². The summed E-state index contributed by atoms with van der Waals surface area (Å²) < 4.78 is 14.9. The van der Waals surface area contributed by atoms with Crippen LogP contribution in [0.5, 0.6) is 0 Å². The van der Waals surface area contributed by atoms with Gasteiger partial charge in [0.2, 0.25) is 0 Å². The van der Waals surface area contributed by atoms with Crippen molar-refractivity contribution in [1.29, 1.82) is 0 Å². The van der Waals surface area contributed by atoms with Crippen molar-refractivity contribution in [3.05, 3.63) is 57.0 Å². The number of rotatable bonds is 4. The van der Waals surface area contributed by atoms with Crippen molar-refractivity contribution < 1.29 is 4.39 Å². The Labute approximate surface area is 128 Å². The van der Waals surface area contributed by atoms with Crippen LogP contribution in [-0.2, 0) is 0 Å². The summed E-state index contributed by atoms with van der Waals surface area (Å²) in [6.07, 6.45) is 2.10. The molecular weight excluding hydrogens is 375 g/mol. The molecule has 0 fully saturated rings. The van der Waals surface area contributed by atoms with Gasteiger partial charge in [0.1, 0.15) is 5.82 Å². The molecule has 0 spiro atoms. The first-order chi connectivity index (χ1) is 9.11. The summed E-state index contributed by atoms with van der Waals surface area (Å²) in [6.45, 7) is 2.06. The van der Waals surface area contributed by atoms with Gasteiger partial charge in [-0.05, 0) is 62.5 Å². The Kier molecular flexibility index (Phi) is 4.93. The highest BCUT2D eigenvalue weighted by Gasteiger charge is 2.14. The van der Waals surface area contributed by atoms with E-state index in [0.717, 1.165) is 26.7 Å². The maximum absolute atomic E-state index is 12.9. The molecule has 0 aliphatic heterocycles. The smallest absolute Gasteiger partial charge is 0.141 e. The first-order valence-electron chi connectivity index (χ1n) is 5.93. The third-order valence-electron chi connectivity index (χ3n) is 2.80. The van der Waals surface area contributed by atoms with Gasteiger partial charge in [-0.2, -0.15) is 0 Å². The van der Waals surface area contributed by atoms with Crippen molar-refractivity contribution in [3.63, 3.8) is 0 Å². The quantitative estimate of drug-likeness (QED) is 0.768. The normalized spacial score (nSPS) is 12.2. The molecular formula is C14H13Br2FN2. The second-order valence-electron chi connectivity index (χ2n) is 4.10. The molecule has 1 aromatic heterocycles. The molecule has 1 N–H and O–H groups in total. The molecule has 2 aromatic rings. The van der Waals surface area contributed by atoms with E-state index in [2.05, 4.69) is 49.1 Å². The summed E-state index contributed by atoms with van der Waals surface area (Å²) in [5, 5.41) is 3.42. The van der Waals surface area contributed by atoms with Gasteiger partial charge in [0.05, 0.1) is 23.6 Å². The Morgan fingerprint density at radius 1 is 1.21 bits per heavy atom. The Morgan fingerprint density at radius 2 is 1.89 bits per heavy atom. The number of anilines is 1. The molecule has 1 unspecified atom stereocenters. The van der Waals surface area contributed by atoms with E-state index >= 15 is 0 Å². The minimum Gasteiger partial charge on any atom is -0.375 e. The van der Waals surface area contributed by atoms with E-state index in [0.29, 0.717) is 0 Å². The Balaban J connectivity index is 2.26. The van der Waals surface area contributed by atoms with Crippen LogP contribution in [0, 0.1) is 5.82 Å². The molecule has 0 aliphatic carbocycles. The van der Waals surface area contributed by atoms with Crippen molar-refractivity contribution >= 4 is 37.5 Å². The standard InChI is InChI=1S/C14H13Br2FN2/c1-2-12(13-7-6-9(17)8-18-13)19-14-10(15)4-3-5-11(14)16/h3-8,12,19H,2H2,1H3. The van der Waals surface area contributed by atoms with Crippen LogP contribution in [0.15, 0.2) is 45.5 Å². The van der Waals surface area contributed by atoms with E-state index in [-0.39, 0.29) is 11.9 Å². The highest BCUT2D eigenvalue weighted by atomic mass is 79.9. The van der Waals surface area contributed by atoms with E-state index in [9.17, 15) is 4.39 Å².